The third kappa shape index (κ3) is 3.63. The van der Waals surface area contributed by atoms with Crippen LogP contribution in [0.5, 0.6) is 0 Å². The molecule has 0 spiro atoms. The molecule has 3 aromatic rings. The van der Waals surface area contributed by atoms with E-state index >= 15 is 0 Å². The van der Waals surface area contributed by atoms with Crippen molar-refractivity contribution in [3.05, 3.63) is 65.0 Å². The van der Waals surface area contributed by atoms with Crippen molar-refractivity contribution < 1.29 is 0 Å². The van der Waals surface area contributed by atoms with E-state index in [9.17, 15) is 0 Å². The molecule has 3 rings (SSSR count). The molecule has 0 atom stereocenters. The van der Waals surface area contributed by atoms with Crippen LogP contribution in [0.25, 0.3) is 17.1 Å². The molecule has 0 aliphatic carbocycles. The summed E-state index contributed by atoms with van der Waals surface area (Å²) in [6.45, 7) is 17.9. The van der Waals surface area contributed by atoms with Crippen LogP contribution >= 0.6 is 0 Å². The molecule has 2 aromatic carbocycles. The molecule has 1 heterocycles. The lowest BCUT2D eigenvalue weighted by Crippen LogP contribution is -2.23. The maximum atomic E-state index is 4.68. The van der Waals surface area contributed by atoms with E-state index in [2.05, 4.69) is 107 Å². The summed E-state index contributed by atoms with van der Waals surface area (Å²) in [7, 11) is 0. The Labute approximate surface area is 169 Å². The summed E-state index contributed by atoms with van der Waals surface area (Å²) in [6.07, 6.45) is 0.998. The first-order valence-electron chi connectivity index (χ1n) is 10.2. The monoisotopic (exact) mass is 375 g/mol. The Morgan fingerprint density at radius 3 is 1.93 bits per heavy atom. The van der Waals surface area contributed by atoms with Gasteiger partial charge in [-0.1, -0.05) is 84.0 Å². The minimum atomic E-state index is -0.0678. The van der Waals surface area contributed by atoms with Gasteiger partial charge >= 0.3 is 0 Å². The molecule has 0 saturated heterocycles. The van der Waals surface area contributed by atoms with Gasteiger partial charge in [0.2, 0.25) is 0 Å². The third-order valence-electron chi connectivity index (χ3n) is 5.76. The highest BCUT2D eigenvalue weighted by molar-refractivity contribution is 5.62. The zero-order valence-electron chi connectivity index (χ0n) is 18.6. The standard InChI is InChI=1S/C25H33N3/c1-9-25(7,8)23-27-26-22(19-13-11-10-12-14-19)28(23)21-17(2)15-20(16-18(21)3)24(4,5)6/h10-16H,9H2,1-8H3. The van der Waals surface area contributed by atoms with Gasteiger partial charge in [-0.25, -0.2) is 0 Å². The van der Waals surface area contributed by atoms with Crippen LogP contribution in [0.3, 0.4) is 0 Å². The molecule has 0 saturated carbocycles. The zero-order chi connectivity index (χ0) is 20.7. The molecule has 0 radical (unpaired) electrons. The van der Waals surface area contributed by atoms with E-state index in [0.29, 0.717) is 0 Å². The lowest BCUT2D eigenvalue weighted by molar-refractivity contribution is 0.464. The van der Waals surface area contributed by atoms with Crippen molar-refractivity contribution in [2.24, 2.45) is 0 Å². The lowest BCUT2D eigenvalue weighted by atomic mass is 9.84. The van der Waals surface area contributed by atoms with Crippen LogP contribution in [-0.2, 0) is 10.8 Å². The molecule has 148 valence electrons. The van der Waals surface area contributed by atoms with Gasteiger partial charge < -0.3 is 0 Å². The molecule has 1 aromatic heterocycles. The molecule has 0 amide bonds. The molecule has 0 fully saturated rings. The SMILES string of the molecule is CCC(C)(C)c1nnc(-c2ccccc2)n1-c1c(C)cc(C(C)(C)C)cc1C. The summed E-state index contributed by atoms with van der Waals surface area (Å²) in [5, 5.41) is 9.32. The average Bonchev–Trinajstić information content (AvgIpc) is 3.06. The van der Waals surface area contributed by atoms with Crippen LogP contribution in [0.15, 0.2) is 42.5 Å². The Morgan fingerprint density at radius 1 is 0.857 bits per heavy atom. The van der Waals surface area contributed by atoms with Crippen molar-refractivity contribution in [1.82, 2.24) is 14.8 Å². The second kappa shape index (κ2) is 7.20. The normalized spacial score (nSPS) is 12.4. The highest BCUT2D eigenvalue weighted by Gasteiger charge is 2.29. The lowest BCUT2D eigenvalue weighted by Gasteiger charge is -2.27. The fraction of sp³-hybridized carbons (Fsp3) is 0.440. The predicted octanol–water partition coefficient (Wildman–Crippen LogP) is 6.54. The zero-order valence-corrected chi connectivity index (χ0v) is 18.6. The van der Waals surface area contributed by atoms with Gasteiger partial charge in [-0.15, -0.1) is 10.2 Å². The molecule has 3 heteroatoms. The maximum absolute atomic E-state index is 4.68. The number of hydrogen-bond acceptors (Lipinski definition) is 2. The molecule has 0 aliphatic heterocycles. The van der Waals surface area contributed by atoms with Gasteiger partial charge in [0.25, 0.3) is 0 Å². The van der Waals surface area contributed by atoms with Crippen LogP contribution in [0.4, 0.5) is 0 Å². The van der Waals surface area contributed by atoms with Gasteiger partial charge in [0, 0.05) is 11.0 Å². The summed E-state index contributed by atoms with van der Waals surface area (Å²) in [6, 6.07) is 15.0. The fourth-order valence-corrected chi connectivity index (χ4v) is 3.61. The summed E-state index contributed by atoms with van der Waals surface area (Å²) in [5.41, 5.74) is 6.22. The van der Waals surface area contributed by atoms with Crippen LogP contribution in [0.2, 0.25) is 0 Å². The van der Waals surface area contributed by atoms with Gasteiger partial charge in [0.05, 0.1) is 5.69 Å². The van der Waals surface area contributed by atoms with Crippen molar-refractivity contribution in [3.8, 4) is 17.1 Å². The van der Waals surface area contributed by atoms with E-state index in [0.717, 1.165) is 23.6 Å². The molecule has 28 heavy (non-hydrogen) atoms. The predicted molar refractivity (Wildman–Crippen MR) is 118 cm³/mol. The number of aromatic nitrogens is 3. The summed E-state index contributed by atoms with van der Waals surface area (Å²) in [4.78, 5) is 0. The van der Waals surface area contributed by atoms with Crippen molar-refractivity contribution in [2.45, 2.75) is 72.6 Å². The van der Waals surface area contributed by atoms with E-state index in [4.69, 9.17) is 0 Å². The Balaban J connectivity index is 2.33. The summed E-state index contributed by atoms with van der Waals surface area (Å²) in [5.74, 6) is 1.93. The minimum Gasteiger partial charge on any atom is -0.278 e. The number of nitrogens with zero attached hydrogens (tertiary/aromatic N) is 3. The Bertz CT molecular complexity index is 950. The summed E-state index contributed by atoms with van der Waals surface area (Å²) < 4.78 is 2.29. The first-order valence-corrected chi connectivity index (χ1v) is 10.2. The van der Waals surface area contributed by atoms with E-state index in [1.54, 1.807) is 0 Å². The molecule has 3 nitrogen and oxygen atoms in total. The quantitative estimate of drug-likeness (QED) is 0.518. The van der Waals surface area contributed by atoms with Gasteiger partial charge in [-0.05, 0) is 42.4 Å². The smallest absolute Gasteiger partial charge is 0.168 e. The molecule has 0 unspecified atom stereocenters. The van der Waals surface area contributed by atoms with E-state index in [-0.39, 0.29) is 10.8 Å². The topological polar surface area (TPSA) is 30.7 Å². The van der Waals surface area contributed by atoms with Crippen molar-refractivity contribution in [1.29, 1.82) is 0 Å². The molecular formula is C25H33N3. The summed E-state index contributed by atoms with van der Waals surface area (Å²) >= 11 is 0. The van der Waals surface area contributed by atoms with Gasteiger partial charge in [-0.2, -0.15) is 0 Å². The van der Waals surface area contributed by atoms with Crippen LogP contribution < -0.4 is 0 Å². The second-order valence-corrected chi connectivity index (χ2v) is 9.49. The second-order valence-electron chi connectivity index (χ2n) is 9.49. The first-order chi connectivity index (χ1) is 13.1. The van der Waals surface area contributed by atoms with Gasteiger partial charge in [0.15, 0.2) is 5.82 Å². The van der Waals surface area contributed by atoms with Crippen molar-refractivity contribution in [2.75, 3.05) is 0 Å². The Morgan fingerprint density at radius 2 is 1.43 bits per heavy atom. The van der Waals surface area contributed by atoms with Crippen molar-refractivity contribution >= 4 is 0 Å². The molecular weight excluding hydrogens is 342 g/mol. The van der Waals surface area contributed by atoms with Gasteiger partial charge in [-0.3, -0.25) is 4.57 Å². The fourth-order valence-electron chi connectivity index (χ4n) is 3.61. The highest BCUT2D eigenvalue weighted by atomic mass is 15.3. The largest absolute Gasteiger partial charge is 0.278 e. The number of rotatable bonds is 4. The third-order valence-corrected chi connectivity index (χ3v) is 5.76. The van der Waals surface area contributed by atoms with Crippen LogP contribution in [0.1, 0.15) is 70.5 Å². The highest BCUT2D eigenvalue weighted by Crippen LogP contribution is 2.35. The number of hydrogen-bond donors (Lipinski definition) is 0. The minimum absolute atomic E-state index is 0.0678. The molecule has 0 aliphatic rings. The van der Waals surface area contributed by atoms with E-state index in [1.807, 2.05) is 6.07 Å². The Hall–Kier alpha value is -2.42. The number of benzene rings is 2. The first kappa shape index (κ1) is 20.3. The van der Waals surface area contributed by atoms with Crippen LogP contribution in [-0.4, -0.2) is 14.8 Å². The molecule has 0 N–H and O–H groups in total. The van der Waals surface area contributed by atoms with Crippen molar-refractivity contribution in [3.63, 3.8) is 0 Å². The van der Waals surface area contributed by atoms with E-state index in [1.165, 1.54) is 22.4 Å². The molecule has 0 bridgehead atoms. The van der Waals surface area contributed by atoms with Gasteiger partial charge in [0.1, 0.15) is 5.82 Å². The Kier molecular flexibility index (Phi) is 5.22. The van der Waals surface area contributed by atoms with Crippen LogP contribution in [0, 0.1) is 13.8 Å². The van der Waals surface area contributed by atoms with E-state index < -0.39 is 0 Å². The maximum Gasteiger partial charge on any atom is 0.168 e. The number of aryl methyl sites for hydroxylation is 2. The average molecular weight is 376 g/mol.